The molecular formula is C15H14FN3O4S. The van der Waals surface area contributed by atoms with Crippen LogP contribution in [-0.4, -0.2) is 31.6 Å². The smallest absolute Gasteiger partial charge is 0.285 e. The summed E-state index contributed by atoms with van der Waals surface area (Å²) >= 11 is 0. The molecule has 0 unspecified atom stereocenters. The number of carbonyl (C=O) groups is 1. The fourth-order valence-corrected chi connectivity index (χ4v) is 3.11. The van der Waals surface area contributed by atoms with E-state index >= 15 is 0 Å². The van der Waals surface area contributed by atoms with E-state index in [1.54, 1.807) is 0 Å². The number of halogens is 1. The van der Waals surface area contributed by atoms with Crippen LogP contribution in [0.2, 0.25) is 0 Å². The lowest BCUT2D eigenvalue weighted by atomic mass is 10.2. The second-order valence-corrected chi connectivity index (χ2v) is 7.03. The van der Waals surface area contributed by atoms with Crippen molar-refractivity contribution in [1.29, 1.82) is 0 Å². The lowest BCUT2D eigenvalue weighted by Gasteiger charge is -2.09. The van der Waals surface area contributed by atoms with Crippen LogP contribution in [0, 0.1) is 5.82 Å². The van der Waals surface area contributed by atoms with Crippen LogP contribution < -0.4 is 9.46 Å². The number of nitrogens with one attached hydrogen (secondary N) is 1. The molecule has 1 aromatic carbocycles. The van der Waals surface area contributed by atoms with Crippen molar-refractivity contribution in [1.82, 2.24) is 14.9 Å². The summed E-state index contributed by atoms with van der Waals surface area (Å²) in [7, 11) is -2.69. The third-order valence-corrected chi connectivity index (χ3v) is 4.90. The summed E-state index contributed by atoms with van der Waals surface area (Å²) in [6.07, 6.45) is 1.96. The standard InChI is InChI=1S/C15H14FN3O4S/c1-23-13-8-12(17-18-14(13)9-2-3-9)15(20)19-24(21,22)11-6-4-10(16)5-7-11/h4-9H,2-3H2,1H3,(H,19,20). The molecule has 0 radical (unpaired) electrons. The number of hydrogen-bond donors (Lipinski definition) is 1. The molecule has 2 aromatic rings. The molecule has 1 aromatic heterocycles. The van der Waals surface area contributed by atoms with Gasteiger partial charge in [-0.05, 0) is 37.1 Å². The topological polar surface area (TPSA) is 98.2 Å². The Morgan fingerprint density at radius 3 is 2.50 bits per heavy atom. The largest absolute Gasteiger partial charge is 0.495 e. The number of amides is 1. The Morgan fingerprint density at radius 2 is 1.92 bits per heavy atom. The van der Waals surface area contributed by atoms with Crippen molar-refractivity contribution in [2.24, 2.45) is 0 Å². The van der Waals surface area contributed by atoms with E-state index < -0.39 is 21.7 Å². The molecule has 24 heavy (non-hydrogen) atoms. The van der Waals surface area contributed by atoms with Crippen LogP contribution in [0.4, 0.5) is 4.39 Å². The van der Waals surface area contributed by atoms with Crippen molar-refractivity contribution < 1.29 is 22.3 Å². The van der Waals surface area contributed by atoms with Crippen LogP contribution in [0.15, 0.2) is 35.2 Å². The maximum atomic E-state index is 12.9. The maximum Gasteiger partial charge on any atom is 0.285 e. The highest BCUT2D eigenvalue weighted by Crippen LogP contribution is 2.42. The Bertz CT molecular complexity index is 880. The second kappa shape index (κ2) is 6.16. The van der Waals surface area contributed by atoms with Crippen LogP contribution in [0.5, 0.6) is 5.75 Å². The molecule has 1 aliphatic rings. The average Bonchev–Trinajstić information content (AvgIpc) is 3.39. The van der Waals surface area contributed by atoms with Crippen molar-refractivity contribution in [3.05, 3.63) is 47.5 Å². The normalized spacial score (nSPS) is 14.2. The zero-order chi connectivity index (χ0) is 17.3. The summed E-state index contributed by atoms with van der Waals surface area (Å²) in [6.45, 7) is 0. The van der Waals surface area contributed by atoms with Gasteiger partial charge in [-0.1, -0.05) is 0 Å². The predicted octanol–water partition coefficient (Wildman–Crippen LogP) is 1.62. The van der Waals surface area contributed by atoms with Crippen LogP contribution in [0.1, 0.15) is 34.9 Å². The highest BCUT2D eigenvalue weighted by molar-refractivity contribution is 7.90. The molecule has 1 amide bonds. The highest BCUT2D eigenvalue weighted by atomic mass is 32.2. The minimum atomic E-state index is -4.13. The van der Waals surface area contributed by atoms with Crippen molar-refractivity contribution in [3.8, 4) is 5.75 Å². The molecule has 0 atom stereocenters. The number of nitrogens with zero attached hydrogens (tertiary/aromatic N) is 2. The summed E-state index contributed by atoms with van der Waals surface area (Å²) in [5.74, 6) is -0.844. The van der Waals surface area contributed by atoms with Crippen molar-refractivity contribution in [3.63, 3.8) is 0 Å². The van der Waals surface area contributed by atoms with E-state index in [-0.39, 0.29) is 16.5 Å². The van der Waals surface area contributed by atoms with Gasteiger partial charge in [0.05, 0.1) is 12.0 Å². The molecule has 3 rings (SSSR count). The van der Waals surface area contributed by atoms with Gasteiger partial charge in [-0.25, -0.2) is 17.5 Å². The summed E-state index contributed by atoms with van der Waals surface area (Å²) < 4.78 is 44.2. The average molecular weight is 351 g/mol. The third kappa shape index (κ3) is 3.35. The Labute approximate surface area is 137 Å². The Kier molecular flexibility index (Phi) is 4.18. The Morgan fingerprint density at radius 1 is 1.25 bits per heavy atom. The van der Waals surface area contributed by atoms with Crippen LogP contribution in [0.3, 0.4) is 0 Å². The molecule has 9 heteroatoms. The maximum absolute atomic E-state index is 12.9. The van der Waals surface area contributed by atoms with Crippen LogP contribution in [-0.2, 0) is 10.0 Å². The fourth-order valence-electron chi connectivity index (χ4n) is 2.15. The van der Waals surface area contributed by atoms with Gasteiger partial charge >= 0.3 is 0 Å². The molecule has 7 nitrogen and oxygen atoms in total. The van der Waals surface area contributed by atoms with Gasteiger partial charge in [-0.15, -0.1) is 5.10 Å². The molecule has 1 fully saturated rings. The predicted molar refractivity (Wildman–Crippen MR) is 81.6 cm³/mol. The van der Waals surface area contributed by atoms with Gasteiger partial charge in [-0.2, -0.15) is 5.10 Å². The minimum absolute atomic E-state index is 0.179. The molecule has 1 aliphatic carbocycles. The number of sulfonamides is 1. The highest BCUT2D eigenvalue weighted by Gasteiger charge is 2.30. The van der Waals surface area contributed by atoms with E-state index in [1.807, 2.05) is 4.72 Å². The molecule has 1 saturated carbocycles. The van der Waals surface area contributed by atoms with Crippen molar-refractivity contribution in [2.45, 2.75) is 23.7 Å². The van der Waals surface area contributed by atoms with E-state index in [0.717, 1.165) is 37.1 Å². The zero-order valence-corrected chi connectivity index (χ0v) is 13.5. The summed E-state index contributed by atoms with van der Waals surface area (Å²) in [5, 5.41) is 7.74. The van der Waals surface area contributed by atoms with Gasteiger partial charge in [0, 0.05) is 12.0 Å². The number of ether oxygens (including phenoxy) is 1. The minimum Gasteiger partial charge on any atom is -0.495 e. The van der Waals surface area contributed by atoms with Crippen LogP contribution in [0.25, 0.3) is 0 Å². The number of rotatable bonds is 5. The van der Waals surface area contributed by atoms with Gasteiger partial charge in [0.15, 0.2) is 5.69 Å². The third-order valence-electron chi connectivity index (χ3n) is 3.55. The van der Waals surface area contributed by atoms with Gasteiger partial charge in [0.1, 0.15) is 17.3 Å². The van der Waals surface area contributed by atoms with E-state index in [9.17, 15) is 17.6 Å². The van der Waals surface area contributed by atoms with Gasteiger partial charge in [0.2, 0.25) is 0 Å². The molecule has 0 bridgehead atoms. The van der Waals surface area contributed by atoms with E-state index in [4.69, 9.17) is 4.74 Å². The number of benzene rings is 1. The van der Waals surface area contributed by atoms with E-state index in [1.165, 1.54) is 13.2 Å². The number of aromatic nitrogens is 2. The number of carbonyl (C=O) groups excluding carboxylic acids is 1. The molecule has 0 saturated heterocycles. The monoisotopic (exact) mass is 351 g/mol. The van der Waals surface area contributed by atoms with Crippen LogP contribution >= 0.6 is 0 Å². The SMILES string of the molecule is COc1cc(C(=O)NS(=O)(=O)c2ccc(F)cc2)nnc1C1CC1. The first-order chi connectivity index (χ1) is 11.4. The quantitative estimate of drug-likeness (QED) is 0.879. The van der Waals surface area contributed by atoms with Crippen molar-refractivity contribution in [2.75, 3.05) is 7.11 Å². The van der Waals surface area contributed by atoms with Gasteiger partial charge in [-0.3, -0.25) is 4.79 Å². The molecule has 1 heterocycles. The molecule has 0 aliphatic heterocycles. The first kappa shape index (κ1) is 16.3. The summed E-state index contributed by atoms with van der Waals surface area (Å²) in [6, 6.07) is 5.47. The van der Waals surface area contributed by atoms with E-state index in [0.29, 0.717) is 11.4 Å². The lowest BCUT2D eigenvalue weighted by molar-refractivity contribution is 0.0975. The summed E-state index contributed by atoms with van der Waals surface area (Å²) in [5.41, 5.74) is 0.484. The van der Waals surface area contributed by atoms with Gasteiger partial charge in [0.25, 0.3) is 15.9 Å². The van der Waals surface area contributed by atoms with Gasteiger partial charge < -0.3 is 4.74 Å². The molecule has 126 valence electrons. The first-order valence-corrected chi connectivity index (χ1v) is 8.63. The Balaban J connectivity index is 1.82. The molecule has 1 N–H and O–H groups in total. The number of hydrogen-bond acceptors (Lipinski definition) is 6. The Hall–Kier alpha value is -2.55. The van der Waals surface area contributed by atoms with E-state index in [2.05, 4.69) is 10.2 Å². The first-order valence-electron chi connectivity index (χ1n) is 7.15. The second-order valence-electron chi connectivity index (χ2n) is 5.35. The number of methoxy groups -OCH3 is 1. The molecule has 0 spiro atoms. The van der Waals surface area contributed by atoms with Crippen molar-refractivity contribution >= 4 is 15.9 Å². The zero-order valence-electron chi connectivity index (χ0n) is 12.7. The lowest BCUT2D eigenvalue weighted by Crippen LogP contribution is -2.31. The fraction of sp³-hybridized carbons (Fsp3) is 0.267. The molecular weight excluding hydrogens is 337 g/mol. The summed E-state index contributed by atoms with van der Waals surface area (Å²) in [4.78, 5) is 11.9.